The van der Waals surface area contributed by atoms with Crippen LogP contribution in [-0.2, 0) is 13.1 Å². The summed E-state index contributed by atoms with van der Waals surface area (Å²) in [5.74, 6) is -0.469. The summed E-state index contributed by atoms with van der Waals surface area (Å²) >= 11 is 1.65. The number of thiazole rings is 1. The Hall–Kier alpha value is -2.44. The van der Waals surface area contributed by atoms with E-state index in [1.165, 1.54) is 0 Å². The van der Waals surface area contributed by atoms with Crippen molar-refractivity contribution in [2.75, 3.05) is 4.90 Å². The second kappa shape index (κ2) is 5.08. The van der Waals surface area contributed by atoms with Gasteiger partial charge in [0, 0.05) is 18.7 Å². The van der Waals surface area contributed by atoms with Gasteiger partial charge in [-0.05, 0) is 29.3 Å². The summed E-state index contributed by atoms with van der Waals surface area (Å²) in [5, 5.41) is 9.83. The molecule has 110 valence electrons. The second-order valence-corrected chi connectivity index (χ2v) is 6.21. The third kappa shape index (κ3) is 2.04. The molecule has 0 fully saturated rings. The number of para-hydroxylation sites is 1. The van der Waals surface area contributed by atoms with Gasteiger partial charge in [0.1, 0.15) is 0 Å². The van der Waals surface area contributed by atoms with Crippen LogP contribution in [0.15, 0.2) is 42.5 Å². The van der Waals surface area contributed by atoms with Crippen LogP contribution < -0.4 is 10.4 Å². The number of anilines is 1. The van der Waals surface area contributed by atoms with E-state index in [9.17, 15) is 4.79 Å². The Morgan fingerprint density at radius 2 is 2.05 bits per heavy atom. The minimum Gasteiger partial charge on any atom is -0.339 e. The number of carbonyl (C=O) groups is 1. The maximum atomic E-state index is 11.8. The molecule has 0 spiro atoms. The second-order valence-electron chi connectivity index (χ2n) is 5.20. The first-order valence-corrected chi connectivity index (χ1v) is 7.73. The molecule has 5 nitrogen and oxygen atoms in total. The smallest absolute Gasteiger partial charge is 0.274 e. The van der Waals surface area contributed by atoms with Crippen molar-refractivity contribution in [3.8, 4) is 0 Å². The zero-order valence-electron chi connectivity index (χ0n) is 11.6. The van der Waals surface area contributed by atoms with Crippen LogP contribution in [0.25, 0.3) is 10.2 Å². The fourth-order valence-electron chi connectivity index (χ4n) is 2.83. The number of nitrogens with zero attached hydrogens (tertiary/aromatic N) is 2. The predicted molar refractivity (Wildman–Crippen MR) is 85.2 cm³/mol. The van der Waals surface area contributed by atoms with Crippen LogP contribution in [0.2, 0.25) is 0 Å². The molecule has 6 heteroatoms. The van der Waals surface area contributed by atoms with Crippen LogP contribution in [-0.4, -0.2) is 16.1 Å². The lowest BCUT2D eigenvalue weighted by Crippen LogP contribution is -2.21. The van der Waals surface area contributed by atoms with Gasteiger partial charge in [-0.3, -0.25) is 10.0 Å². The Morgan fingerprint density at radius 1 is 1.18 bits per heavy atom. The molecule has 1 aliphatic rings. The van der Waals surface area contributed by atoms with Crippen molar-refractivity contribution in [1.82, 2.24) is 10.5 Å². The van der Waals surface area contributed by atoms with Gasteiger partial charge >= 0.3 is 0 Å². The molecule has 2 N–H and O–H groups in total. The molecule has 0 saturated heterocycles. The lowest BCUT2D eigenvalue weighted by molar-refractivity contribution is 0.0705. The SMILES string of the molecule is O=C(NO)c1cccc2c1CN(c1nc3ccccc3s1)C2. The zero-order chi connectivity index (χ0) is 15.1. The Morgan fingerprint density at radius 3 is 2.86 bits per heavy atom. The first kappa shape index (κ1) is 13.2. The zero-order valence-corrected chi connectivity index (χ0v) is 12.4. The van der Waals surface area contributed by atoms with Gasteiger partial charge < -0.3 is 4.90 Å². The summed E-state index contributed by atoms with van der Waals surface area (Å²) in [6.45, 7) is 1.35. The first-order chi connectivity index (χ1) is 10.8. The molecule has 2 heterocycles. The van der Waals surface area contributed by atoms with E-state index in [1.54, 1.807) is 22.9 Å². The van der Waals surface area contributed by atoms with Crippen LogP contribution >= 0.6 is 11.3 Å². The van der Waals surface area contributed by atoms with Crippen LogP contribution in [0.1, 0.15) is 21.5 Å². The number of hydrogen-bond acceptors (Lipinski definition) is 5. The van der Waals surface area contributed by atoms with E-state index in [2.05, 4.69) is 16.0 Å². The van der Waals surface area contributed by atoms with Gasteiger partial charge in [0.25, 0.3) is 5.91 Å². The predicted octanol–water partition coefficient (Wildman–Crippen LogP) is 2.94. The summed E-state index contributed by atoms with van der Waals surface area (Å²) in [6.07, 6.45) is 0. The van der Waals surface area contributed by atoms with E-state index in [0.717, 1.165) is 33.0 Å². The van der Waals surface area contributed by atoms with Crippen molar-refractivity contribution in [1.29, 1.82) is 0 Å². The summed E-state index contributed by atoms with van der Waals surface area (Å²) in [4.78, 5) is 18.6. The number of amides is 1. The Kier molecular flexibility index (Phi) is 3.06. The van der Waals surface area contributed by atoms with Gasteiger partial charge in [0.05, 0.1) is 10.2 Å². The molecule has 1 amide bonds. The van der Waals surface area contributed by atoms with Gasteiger partial charge in [-0.2, -0.15) is 0 Å². The number of hydroxylamine groups is 1. The molecular formula is C16H13N3O2S. The quantitative estimate of drug-likeness (QED) is 0.564. The number of fused-ring (bicyclic) bond motifs is 2. The molecule has 0 bridgehead atoms. The minimum absolute atomic E-state index is 0.469. The molecule has 22 heavy (non-hydrogen) atoms. The van der Waals surface area contributed by atoms with Crippen LogP contribution in [0.3, 0.4) is 0 Å². The fourth-order valence-corrected chi connectivity index (χ4v) is 3.79. The van der Waals surface area contributed by atoms with Gasteiger partial charge in [-0.25, -0.2) is 10.5 Å². The highest BCUT2D eigenvalue weighted by atomic mass is 32.1. The van der Waals surface area contributed by atoms with E-state index < -0.39 is 5.91 Å². The van der Waals surface area contributed by atoms with Crippen LogP contribution in [0.5, 0.6) is 0 Å². The normalized spacial score (nSPS) is 13.4. The Balaban J connectivity index is 1.71. The summed E-state index contributed by atoms with van der Waals surface area (Å²) < 4.78 is 1.15. The first-order valence-electron chi connectivity index (χ1n) is 6.92. The van der Waals surface area contributed by atoms with E-state index in [0.29, 0.717) is 12.1 Å². The summed E-state index contributed by atoms with van der Waals surface area (Å²) in [7, 11) is 0. The van der Waals surface area contributed by atoms with Crippen molar-refractivity contribution in [2.45, 2.75) is 13.1 Å². The monoisotopic (exact) mass is 311 g/mol. The third-order valence-electron chi connectivity index (χ3n) is 3.88. The molecule has 1 aromatic heterocycles. The fraction of sp³-hybridized carbons (Fsp3) is 0.125. The van der Waals surface area contributed by atoms with Crippen LogP contribution in [0.4, 0.5) is 5.13 Å². The Bertz CT molecular complexity index is 842. The van der Waals surface area contributed by atoms with Crippen LogP contribution in [0, 0.1) is 0 Å². The third-order valence-corrected chi connectivity index (χ3v) is 4.98. The maximum absolute atomic E-state index is 11.8. The van der Waals surface area contributed by atoms with Gasteiger partial charge in [-0.1, -0.05) is 35.6 Å². The largest absolute Gasteiger partial charge is 0.339 e. The van der Waals surface area contributed by atoms with Crippen molar-refractivity contribution in [3.63, 3.8) is 0 Å². The average molecular weight is 311 g/mol. The molecule has 2 aromatic carbocycles. The highest BCUT2D eigenvalue weighted by Gasteiger charge is 2.26. The maximum Gasteiger partial charge on any atom is 0.274 e. The molecule has 0 aliphatic carbocycles. The molecule has 1 aliphatic heterocycles. The molecule has 0 radical (unpaired) electrons. The molecule has 0 saturated carbocycles. The van der Waals surface area contributed by atoms with E-state index in [1.807, 2.05) is 30.3 Å². The topological polar surface area (TPSA) is 65.5 Å². The lowest BCUT2D eigenvalue weighted by atomic mass is 10.0. The minimum atomic E-state index is -0.469. The van der Waals surface area contributed by atoms with E-state index in [4.69, 9.17) is 5.21 Å². The van der Waals surface area contributed by atoms with Crippen molar-refractivity contribution >= 4 is 32.6 Å². The lowest BCUT2D eigenvalue weighted by Gasteiger charge is -2.13. The number of rotatable bonds is 2. The number of carbonyl (C=O) groups excluding carboxylic acids is 1. The summed E-state index contributed by atoms with van der Waals surface area (Å²) in [5.41, 5.74) is 5.28. The van der Waals surface area contributed by atoms with Crippen molar-refractivity contribution < 1.29 is 10.0 Å². The highest BCUT2D eigenvalue weighted by Crippen LogP contribution is 2.35. The van der Waals surface area contributed by atoms with Gasteiger partial charge in [0.2, 0.25) is 0 Å². The molecular weight excluding hydrogens is 298 g/mol. The number of benzene rings is 2. The standard InChI is InChI=1S/C16H13N3O2S/c20-15(18-21)11-5-3-4-10-8-19(9-12(10)11)16-17-13-6-1-2-7-14(13)22-16/h1-7,21H,8-9H2,(H,18,20). The molecule has 0 unspecified atom stereocenters. The number of hydrogen-bond donors (Lipinski definition) is 2. The number of nitrogens with one attached hydrogen (secondary N) is 1. The summed E-state index contributed by atoms with van der Waals surface area (Å²) in [6, 6.07) is 13.6. The molecule has 4 rings (SSSR count). The Labute approximate surface area is 130 Å². The van der Waals surface area contributed by atoms with Gasteiger partial charge in [0.15, 0.2) is 5.13 Å². The molecule has 3 aromatic rings. The van der Waals surface area contributed by atoms with Gasteiger partial charge in [-0.15, -0.1) is 0 Å². The number of aromatic nitrogens is 1. The highest BCUT2D eigenvalue weighted by molar-refractivity contribution is 7.22. The average Bonchev–Trinajstić information content (AvgIpc) is 3.16. The van der Waals surface area contributed by atoms with E-state index >= 15 is 0 Å². The van der Waals surface area contributed by atoms with Crippen molar-refractivity contribution in [3.05, 3.63) is 59.2 Å². The molecule has 0 atom stereocenters. The van der Waals surface area contributed by atoms with E-state index in [-0.39, 0.29) is 0 Å². The van der Waals surface area contributed by atoms with Crippen molar-refractivity contribution in [2.24, 2.45) is 0 Å².